The zero-order chi connectivity index (χ0) is 14.2. The Balaban J connectivity index is 4.38. The summed E-state index contributed by atoms with van der Waals surface area (Å²) >= 11 is 0. The SMILES string of the molecule is CCC(COC)NS(=O)(=O)N(C)CCC(=O)OC. The molecule has 0 heterocycles. The Morgan fingerprint density at radius 3 is 2.44 bits per heavy atom. The molecule has 18 heavy (non-hydrogen) atoms. The number of nitrogens with one attached hydrogen (secondary N) is 1. The van der Waals surface area contributed by atoms with Crippen LogP contribution in [0.4, 0.5) is 0 Å². The van der Waals surface area contributed by atoms with Gasteiger partial charge in [0.25, 0.3) is 10.2 Å². The second kappa shape index (κ2) is 8.41. The summed E-state index contributed by atoms with van der Waals surface area (Å²) in [6, 6.07) is -0.277. The van der Waals surface area contributed by atoms with Gasteiger partial charge < -0.3 is 9.47 Å². The fraction of sp³-hybridized carbons (Fsp3) is 0.900. The highest BCUT2D eigenvalue weighted by Gasteiger charge is 2.22. The number of hydrogen-bond donors (Lipinski definition) is 1. The minimum Gasteiger partial charge on any atom is -0.469 e. The van der Waals surface area contributed by atoms with Gasteiger partial charge in [0.2, 0.25) is 0 Å². The van der Waals surface area contributed by atoms with Gasteiger partial charge in [0.05, 0.1) is 20.1 Å². The Hall–Kier alpha value is -0.700. The number of nitrogens with zero attached hydrogens (tertiary/aromatic N) is 1. The molecule has 0 rings (SSSR count). The molecule has 1 N–H and O–H groups in total. The first kappa shape index (κ1) is 17.3. The van der Waals surface area contributed by atoms with Crippen LogP contribution in [0.5, 0.6) is 0 Å². The van der Waals surface area contributed by atoms with E-state index in [-0.39, 0.29) is 19.0 Å². The molecule has 1 atom stereocenters. The predicted octanol–water partition coefficient (Wildman–Crippen LogP) is -0.259. The van der Waals surface area contributed by atoms with Crippen molar-refractivity contribution in [2.45, 2.75) is 25.8 Å². The fourth-order valence-electron chi connectivity index (χ4n) is 1.21. The monoisotopic (exact) mass is 282 g/mol. The highest BCUT2D eigenvalue weighted by Crippen LogP contribution is 2.01. The average molecular weight is 282 g/mol. The van der Waals surface area contributed by atoms with Crippen LogP contribution in [0.25, 0.3) is 0 Å². The van der Waals surface area contributed by atoms with Crippen LogP contribution in [0.15, 0.2) is 0 Å². The van der Waals surface area contributed by atoms with E-state index in [1.54, 1.807) is 0 Å². The number of rotatable bonds is 9. The third-order valence-electron chi connectivity index (χ3n) is 2.45. The van der Waals surface area contributed by atoms with Gasteiger partial charge in [0.15, 0.2) is 0 Å². The van der Waals surface area contributed by atoms with Crippen LogP contribution < -0.4 is 4.72 Å². The lowest BCUT2D eigenvalue weighted by Gasteiger charge is -2.21. The van der Waals surface area contributed by atoms with Crippen molar-refractivity contribution in [2.75, 3.05) is 34.4 Å². The molecule has 0 bridgehead atoms. The first-order chi connectivity index (χ1) is 8.37. The van der Waals surface area contributed by atoms with Crippen molar-refractivity contribution in [1.82, 2.24) is 9.03 Å². The van der Waals surface area contributed by atoms with Gasteiger partial charge in [-0.15, -0.1) is 0 Å². The number of methoxy groups -OCH3 is 2. The number of carbonyl (C=O) groups is 1. The maximum absolute atomic E-state index is 11.9. The summed E-state index contributed by atoms with van der Waals surface area (Å²) < 4.78 is 36.7. The lowest BCUT2D eigenvalue weighted by Crippen LogP contribution is -2.45. The van der Waals surface area contributed by atoms with Crippen molar-refractivity contribution >= 4 is 16.2 Å². The van der Waals surface area contributed by atoms with Crippen molar-refractivity contribution in [1.29, 1.82) is 0 Å². The van der Waals surface area contributed by atoms with Crippen molar-refractivity contribution in [3.8, 4) is 0 Å². The number of esters is 1. The van der Waals surface area contributed by atoms with Gasteiger partial charge in [-0.2, -0.15) is 17.4 Å². The summed E-state index contributed by atoms with van der Waals surface area (Å²) in [6.45, 7) is 2.24. The molecule has 0 aliphatic carbocycles. The van der Waals surface area contributed by atoms with E-state index >= 15 is 0 Å². The topological polar surface area (TPSA) is 84.9 Å². The molecule has 0 saturated carbocycles. The second-order valence-corrected chi connectivity index (χ2v) is 5.64. The largest absolute Gasteiger partial charge is 0.469 e. The van der Waals surface area contributed by atoms with E-state index in [0.717, 1.165) is 4.31 Å². The molecule has 7 nitrogen and oxygen atoms in total. The van der Waals surface area contributed by atoms with Crippen LogP contribution in [-0.2, 0) is 24.5 Å². The second-order valence-electron chi connectivity index (χ2n) is 3.83. The Morgan fingerprint density at radius 2 is 2.00 bits per heavy atom. The maximum Gasteiger partial charge on any atom is 0.306 e. The average Bonchev–Trinajstić information content (AvgIpc) is 2.34. The van der Waals surface area contributed by atoms with E-state index in [2.05, 4.69) is 9.46 Å². The van der Waals surface area contributed by atoms with Crippen LogP contribution in [0, 0.1) is 0 Å². The van der Waals surface area contributed by atoms with E-state index in [1.165, 1.54) is 21.3 Å². The highest BCUT2D eigenvalue weighted by atomic mass is 32.2. The fourth-order valence-corrected chi connectivity index (χ4v) is 2.38. The zero-order valence-electron chi connectivity index (χ0n) is 11.3. The molecule has 0 aromatic heterocycles. The van der Waals surface area contributed by atoms with Gasteiger partial charge in [-0.3, -0.25) is 4.79 Å². The molecule has 0 aromatic carbocycles. The van der Waals surface area contributed by atoms with Gasteiger partial charge in [-0.05, 0) is 6.42 Å². The Kier molecular flexibility index (Phi) is 8.08. The summed E-state index contributed by atoms with van der Waals surface area (Å²) in [6.07, 6.45) is 0.646. The van der Waals surface area contributed by atoms with E-state index in [9.17, 15) is 13.2 Å². The molecule has 108 valence electrons. The molecular formula is C10H22N2O5S. The third-order valence-corrected chi connectivity index (χ3v) is 4.08. The molecule has 0 spiro atoms. The number of hydrogen-bond acceptors (Lipinski definition) is 5. The first-order valence-corrected chi connectivity index (χ1v) is 7.10. The summed E-state index contributed by atoms with van der Waals surface area (Å²) in [4.78, 5) is 10.9. The Bertz CT molecular complexity index is 344. The Labute approximate surface area is 109 Å². The third kappa shape index (κ3) is 6.29. The van der Waals surface area contributed by atoms with Gasteiger partial charge in [0, 0.05) is 26.7 Å². The molecular weight excluding hydrogens is 260 g/mol. The smallest absolute Gasteiger partial charge is 0.306 e. The lowest BCUT2D eigenvalue weighted by atomic mass is 10.3. The first-order valence-electron chi connectivity index (χ1n) is 5.66. The van der Waals surface area contributed by atoms with Crippen LogP contribution in [0.3, 0.4) is 0 Å². The van der Waals surface area contributed by atoms with Gasteiger partial charge in [-0.1, -0.05) is 6.92 Å². The molecule has 0 aromatic rings. The predicted molar refractivity (Wildman–Crippen MR) is 67.3 cm³/mol. The minimum absolute atomic E-state index is 0.0228. The van der Waals surface area contributed by atoms with Gasteiger partial charge >= 0.3 is 5.97 Å². The van der Waals surface area contributed by atoms with Crippen molar-refractivity contribution in [2.24, 2.45) is 0 Å². The summed E-state index contributed by atoms with van der Waals surface area (Å²) in [5.74, 6) is -0.444. The number of ether oxygens (including phenoxy) is 2. The van der Waals surface area contributed by atoms with Crippen molar-refractivity contribution < 1.29 is 22.7 Å². The lowest BCUT2D eigenvalue weighted by molar-refractivity contribution is -0.140. The highest BCUT2D eigenvalue weighted by molar-refractivity contribution is 7.87. The van der Waals surface area contributed by atoms with Crippen molar-refractivity contribution in [3.05, 3.63) is 0 Å². The van der Waals surface area contributed by atoms with Crippen LogP contribution in [0.2, 0.25) is 0 Å². The van der Waals surface area contributed by atoms with Crippen molar-refractivity contribution in [3.63, 3.8) is 0 Å². The van der Waals surface area contributed by atoms with Gasteiger partial charge in [0.1, 0.15) is 0 Å². The van der Waals surface area contributed by atoms with Crippen LogP contribution in [-0.4, -0.2) is 59.2 Å². The van der Waals surface area contributed by atoms with E-state index in [0.29, 0.717) is 13.0 Å². The molecule has 0 amide bonds. The summed E-state index contributed by atoms with van der Waals surface area (Å²) in [5.41, 5.74) is 0. The normalized spacial score (nSPS) is 13.6. The Morgan fingerprint density at radius 1 is 1.39 bits per heavy atom. The standard InChI is InChI=1S/C10H22N2O5S/c1-5-9(8-16-3)11-18(14,15)12(2)7-6-10(13)17-4/h9,11H,5-8H2,1-4H3. The molecule has 0 saturated heterocycles. The van der Waals surface area contributed by atoms with Gasteiger partial charge in [-0.25, -0.2) is 0 Å². The summed E-state index contributed by atoms with van der Waals surface area (Å²) in [7, 11) is 0.582. The van der Waals surface area contributed by atoms with E-state index < -0.39 is 16.2 Å². The quantitative estimate of drug-likeness (QED) is 0.589. The minimum atomic E-state index is -3.60. The molecule has 0 aliphatic rings. The zero-order valence-corrected chi connectivity index (χ0v) is 12.1. The van der Waals surface area contributed by atoms with Crippen LogP contribution >= 0.6 is 0 Å². The molecule has 0 radical (unpaired) electrons. The van der Waals surface area contributed by atoms with Crippen LogP contribution in [0.1, 0.15) is 19.8 Å². The molecule has 1 unspecified atom stereocenters. The molecule has 0 aliphatic heterocycles. The molecule has 0 fully saturated rings. The molecule has 8 heteroatoms. The maximum atomic E-state index is 11.9. The number of carbonyl (C=O) groups excluding carboxylic acids is 1. The van der Waals surface area contributed by atoms with E-state index in [4.69, 9.17) is 4.74 Å². The summed E-state index contributed by atoms with van der Waals surface area (Å²) in [5, 5.41) is 0. The van der Waals surface area contributed by atoms with E-state index in [1.807, 2.05) is 6.92 Å².